The summed E-state index contributed by atoms with van der Waals surface area (Å²) in [5, 5.41) is 2.87. The van der Waals surface area contributed by atoms with Crippen LogP contribution >= 0.6 is 0 Å². The highest BCUT2D eigenvalue weighted by atomic mass is 32.2. The van der Waals surface area contributed by atoms with Crippen LogP contribution in [0.15, 0.2) is 53.4 Å². The van der Waals surface area contributed by atoms with Crippen LogP contribution in [0.1, 0.15) is 38.5 Å². The van der Waals surface area contributed by atoms with Gasteiger partial charge in [-0.05, 0) is 74.2 Å². The summed E-state index contributed by atoms with van der Waals surface area (Å²) in [5.74, 6) is -0.844. The number of carbonyl (C=O) groups excluding carboxylic acids is 1. The highest BCUT2D eigenvalue weighted by Gasteiger charge is 2.39. The van der Waals surface area contributed by atoms with Gasteiger partial charge in [0.25, 0.3) is 0 Å². The maximum atomic E-state index is 13.2. The van der Waals surface area contributed by atoms with E-state index in [4.69, 9.17) is 0 Å². The van der Waals surface area contributed by atoms with Crippen molar-refractivity contribution in [2.24, 2.45) is 0 Å². The van der Waals surface area contributed by atoms with Crippen LogP contribution in [0.3, 0.4) is 0 Å². The largest absolute Gasteiger partial charge is 0.372 e. The van der Waals surface area contributed by atoms with E-state index in [-0.39, 0.29) is 17.3 Å². The Labute approximate surface area is 183 Å². The first kappa shape index (κ1) is 21.8. The number of anilines is 2. The number of hydrogen-bond donors (Lipinski definition) is 1. The van der Waals surface area contributed by atoms with E-state index in [1.54, 1.807) is 0 Å². The molecular formula is C23H28FN3O3S. The Morgan fingerprint density at radius 3 is 2.16 bits per heavy atom. The first-order valence-corrected chi connectivity index (χ1v) is 12.3. The number of halogens is 1. The molecule has 2 heterocycles. The van der Waals surface area contributed by atoms with E-state index in [0.717, 1.165) is 30.9 Å². The summed E-state index contributed by atoms with van der Waals surface area (Å²) in [4.78, 5) is 15.3. The van der Waals surface area contributed by atoms with E-state index in [1.165, 1.54) is 42.1 Å². The zero-order chi connectivity index (χ0) is 21.8. The van der Waals surface area contributed by atoms with Crippen LogP contribution in [0.4, 0.5) is 15.8 Å². The minimum atomic E-state index is -3.87. The molecule has 0 saturated carbocycles. The second-order valence-electron chi connectivity index (χ2n) is 8.17. The molecule has 2 aromatic rings. The molecule has 1 amide bonds. The van der Waals surface area contributed by atoms with Gasteiger partial charge in [-0.25, -0.2) is 12.8 Å². The Kier molecular flexibility index (Phi) is 6.57. The predicted octanol–water partition coefficient (Wildman–Crippen LogP) is 4.00. The molecule has 0 radical (unpaired) electrons. The summed E-state index contributed by atoms with van der Waals surface area (Å²) in [5.41, 5.74) is 1.79. The van der Waals surface area contributed by atoms with E-state index in [0.29, 0.717) is 18.5 Å². The standard InChI is InChI=1S/C23H28FN3O3S/c24-18-7-13-21(14-8-18)31(29,30)27-17-5-6-22(27)23(28)25-19-9-11-20(12-10-19)26-15-3-1-2-4-16-26/h7-14,22H,1-6,15-17H2,(H,25,28)/t22-/m0/s1. The van der Waals surface area contributed by atoms with E-state index in [2.05, 4.69) is 10.2 Å². The van der Waals surface area contributed by atoms with Crippen molar-refractivity contribution in [2.45, 2.75) is 49.5 Å². The molecule has 1 N–H and O–H groups in total. The molecular weight excluding hydrogens is 417 g/mol. The summed E-state index contributed by atoms with van der Waals surface area (Å²) in [6.07, 6.45) is 5.98. The van der Waals surface area contributed by atoms with Crippen molar-refractivity contribution in [1.29, 1.82) is 0 Å². The third kappa shape index (κ3) is 4.91. The Balaban J connectivity index is 1.44. The third-order valence-corrected chi connectivity index (χ3v) is 7.96. The van der Waals surface area contributed by atoms with Crippen LogP contribution in [0.2, 0.25) is 0 Å². The fraction of sp³-hybridized carbons (Fsp3) is 0.435. The van der Waals surface area contributed by atoms with E-state index in [9.17, 15) is 17.6 Å². The van der Waals surface area contributed by atoms with Crippen molar-refractivity contribution in [2.75, 3.05) is 29.9 Å². The highest BCUT2D eigenvalue weighted by Crippen LogP contribution is 2.28. The number of hydrogen-bond acceptors (Lipinski definition) is 4. The van der Waals surface area contributed by atoms with Crippen molar-refractivity contribution in [3.63, 3.8) is 0 Å². The monoisotopic (exact) mass is 445 g/mol. The van der Waals surface area contributed by atoms with Crippen LogP contribution < -0.4 is 10.2 Å². The molecule has 6 nitrogen and oxygen atoms in total. The first-order valence-electron chi connectivity index (χ1n) is 10.9. The lowest BCUT2D eigenvalue weighted by atomic mass is 10.2. The predicted molar refractivity (Wildman–Crippen MR) is 119 cm³/mol. The van der Waals surface area contributed by atoms with Gasteiger partial charge in [-0.15, -0.1) is 0 Å². The fourth-order valence-corrected chi connectivity index (χ4v) is 6.00. The minimum absolute atomic E-state index is 0.00426. The van der Waals surface area contributed by atoms with Gasteiger partial charge in [-0.1, -0.05) is 12.8 Å². The third-order valence-electron chi connectivity index (χ3n) is 6.03. The second kappa shape index (κ2) is 9.36. The SMILES string of the molecule is O=C(Nc1ccc(N2CCCCCC2)cc1)[C@@H]1CCCN1S(=O)(=O)c1ccc(F)cc1. The normalized spacial score (nSPS) is 20.4. The lowest BCUT2D eigenvalue weighted by Crippen LogP contribution is -2.43. The summed E-state index contributed by atoms with van der Waals surface area (Å²) in [6, 6.07) is 11.7. The Bertz CT molecular complexity index is 1000. The Morgan fingerprint density at radius 1 is 0.871 bits per heavy atom. The molecule has 0 aromatic heterocycles. The lowest BCUT2D eigenvalue weighted by molar-refractivity contribution is -0.119. The van der Waals surface area contributed by atoms with Gasteiger partial charge >= 0.3 is 0 Å². The average Bonchev–Trinajstić information content (AvgIpc) is 3.12. The van der Waals surface area contributed by atoms with Crippen LogP contribution in [0.5, 0.6) is 0 Å². The Hall–Kier alpha value is -2.45. The summed E-state index contributed by atoms with van der Waals surface area (Å²) >= 11 is 0. The lowest BCUT2D eigenvalue weighted by Gasteiger charge is -2.24. The molecule has 0 unspecified atom stereocenters. The average molecular weight is 446 g/mol. The molecule has 2 aliphatic rings. The van der Waals surface area contributed by atoms with Crippen LogP contribution in [-0.2, 0) is 14.8 Å². The number of nitrogens with zero attached hydrogens (tertiary/aromatic N) is 2. The van der Waals surface area contributed by atoms with Crippen molar-refractivity contribution < 1.29 is 17.6 Å². The first-order chi connectivity index (χ1) is 14.9. The van der Waals surface area contributed by atoms with Gasteiger partial charge < -0.3 is 10.2 Å². The fourth-order valence-electron chi connectivity index (χ4n) is 4.34. The molecule has 0 spiro atoms. The zero-order valence-corrected chi connectivity index (χ0v) is 18.3. The maximum absolute atomic E-state index is 13.2. The maximum Gasteiger partial charge on any atom is 0.243 e. The van der Waals surface area contributed by atoms with E-state index < -0.39 is 21.9 Å². The highest BCUT2D eigenvalue weighted by molar-refractivity contribution is 7.89. The van der Waals surface area contributed by atoms with E-state index >= 15 is 0 Å². The van der Waals surface area contributed by atoms with Crippen LogP contribution in [0, 0.1) is 5.82 Å². The second-order valence-corrected chi connectivity index (χ2v) is 10.1. The van der Waals surface area contributed by atoms with Gasteiger partial charge in [-0.3, -0.25) is 4.79 Å². The van der Waals surface area contributed by atoms with Crippen LogP contribution in [0.25, 0.3) is 0 Å². The molecule has 31 heavy (non-hydrogen) atoms. The molecule has 166 valence electrons. The number of amides is 1. The minimum Gasteiger partial charge on any atom is -0.372 e. The molecule has 8 heteroatoms. The van der Waals surface area contributed by atoms with Gasteiger partial charge in [0, 0.05) is 31.0 Å². The van der Waals surface area contributed by atoms with Crippen molar-refractivity contribution in [3.8, 4) is 0 Å². The quantitative estimate of drug-likeness (QED) is 0.755. The molecule has 1 atom stereocenters. The van der Waals surface area contributed by atoms with Crippen molar-refractivity contribution in [1.82, 2.24) is 4.31 Å². The van der Waals surface area contributed by atoms with Crippen molar-refractivity contribution >= 4 is 27.3 Å². The van der Waals surface area contributed by atoms with Gasteiger partial charge in [0.1, 0.15) is 11.9 Å². The summed E-state index contributed by atoms with van der Waals surface area (Å²) in [6.45, 7) is 2.36. The van der Waals surface area contributed by atoms with Gasteiger partial charge in [0.2, 0.25) is 15.9 Å². The number of rotatable bonds is 5. The number of nitrogens with one attached hydrogen (secondary N) is 1. The topological polar surface area (TPSA) is 69.7 Å². The van der Waals surface area contributed by atoms with Crippen molar-refractivity contribution in [3.05, 3.63) is 54.3 Å². The van der Waals surface area contributed by atoms with E-state index in [1.807, 2.05) is 24.3 Å². The Morgan fingerprint density at radius 2 is 1.52 bits per heavy atom. The number of benzene rings is 2. The number of carbonyl (C=O) groups is 1. The zero-order valence-electron chi connectivity index (χ0n) is 17.5. The van der Waals surface area contributed by atoms with Gasteiger partial charge in [-0.2, -0.15) is 4.31 Å². The molecule has 2 saturated heterocycles. The summed E-state index contributed by atoms with van der Waals surface area (Å²) in [7, 11) is -3.87. The number of sulfonamides is 1. The molecule has 0 bridgehead atoms. The van der Waals surface area contributed by atoms with Gasteiger partial charge in [0.05, 0.1) is 4.90 Å². The smallest absolute Gasteiger partial charge is 0.243 e. The molecule has 2 fully saturated rings. The molecule has 2 aliphatic heterocycles. The molecule has 4 rings (SSSR count). The van der Waals surface area contributed by atoms with Crippen LogP contribution in [-0.4, -0.2) is 44.3 Å². The van der Waals surface area contributed by atoms with Gasteiger partial charge in [0.15, 0.2) is 0 Å². The molecule has 2 aromatic carbocycles. The molecule has 0 aliphatic carbocycles. The summed E-state index contributed by atoms with van der Waals surface area (Å²) < 4.78 is 40.4.